The molecule has 1 aliphatic carbocycles. The van der Waals surface area contributed by atoms with E-state index in [9.17, 15) is 4.79 Å². The molecule has 1 saturated carbocycles. The van der Waals surface area contributed by atoms with Crippen molar-refractivity contribution >= 4 is 6.09 Å². The van der Waals surface area contributed by atoms with Crippen LogP contribution in [0.15, 0.2) is 30.3 Å². The number of rotatable bonds is 7. The van der Waals surface area contributed by atoms with E-state index in [1.54, 1.807) is 0 Å². The lowest BCUT2D eigenvalue weighted by atomic mass is 9.92. The number of benzene rings is 1. The van der Waals surface area contributed by atoms with Crippen LogP contribution >= 0.6 is 0 Å². The first kappa shape index (κ1) is 23.2. The molecule has 4 nitrogen and oxygen atoms in total. The quantitative estimate of drug-likeness (QED) is 0.481. The van der Waals surface area contributed by atoms with Crippen molar-refractivity contribution in [2.75, 3.05) is 20.6 Å². The molecule has 5 heteroatoms. The standard InChI is InChI=1S/C21H34N2O2.HI/c1-21(2,15-16-23(3,4)19-13-9-6-10-14-19)22-20(24)25-17-18-11-7-5-8-12-18;/h5,7-8,11-12,19H,6,9-10,13-17H2,1-4H3;1H. The van der Waals surface area contributed by atoms with Crippen LogP contribution in [0.2, 0.25) is 0 Å². The normalized spacial score (nSPS) is 15.8. The van der Waals surface area contributed by atoms with Gasteiger partial charge in [-0.1, -0.05) is 36.8 Å². The van der Waals surface area contributed by atoms with Crippen molar-refractivity contribution in [3.05, 3.63) is 35.9 Å². The number of nitrogens with zero attached hydrogens (tertiary/aromatic N) is 1. The number of hydrogen-bond acceptors (Lipinski definition) is 2. The van der Waals surface area contributed by atoms with Crippen molar-refractivity contribution in [1.29, 1.82) is 0 Å². The number of hydrogen-bond donors (Lipinski definition) is 1. The van der Waals surface area contributed by atoms with Crippen molar-refractivity contribution in [1.82, 2.24) is 5.32 Å². The summed E-state index contributed by atoms with van der Waals surface area (Å²) in [7, 11) is 4.67. The maximum Gasteiger partial charge on any atom is 0.407 e. The maximum atomic E-state index is 12.1. The minimum atomic E-state index is -0.336. The van der Waals surface area contributed by atoms with Crippen LogP contribution in [-0.4, -0.2) is 42.8 Å². The average molecular weight is 474 g/mol. The third kappa shape index (κ3) is 7.82. The Balaban J connectivity index is 0.00000338. The highest BCUT2D eigenvalue weighted by atomic mass is 127. The van der Waals surface area contributed by atoms with E-state index in [1.165, 1.54) is 32.1 Å². The summed E-state index contributed by atoms with van der Waals surface area (Å²) in [5, 5.41) is 3.03. The fraction of sp³-hybridized carbons (Fsp3) is 0.667. The predicted molar refractivity (Wildman–Crippen MR) is 102 cm³/mol. The summed E-state index contributed by atoms with van der Waals surface area (Å²) in [4.78, 5) is 12.1. The second-order valence-electron chi connectivity index (χ2n) is 8.61. The molecule has 1 aromatic rings. The molecule has 0 saturated heterocycles. The molecule has 1 amide bonds. The zero-order valence-corrected chi connectivity index (χ0v) is 18.9. The lowest BCUT2D eigenvalue weighted by Crippen LogP contribution is -3.00. The van der Waals surface area contributed by atoms with Gasteiger partial charge in [0.2, 0.25) is 0 Å². The van der Waals surface area contributed by atoms with Crippen LogP contribution in [-0.2, 0) is 11.3 Å². The van der Waals surface area contributed by atoms with Gasteiger partial charge in [0.25, 0.3) is 0 Å². The van der Waals surface area contributed by atoms with Crippen molar-refractivity contribution in [3.63, 3.8) is 0 Å². The van der Waals surface area contributed by atoms with Gasteiger partial charge in [-0.05, 0) is 45.1 Å². The fourth-order valence-corrected chi connectivity index (χ4v) is 3.63. The van der Waals surface area contributed by atoms with Crippen LogP contribution in [0.3, 0.4) is 0 Å². The van der Waals surface area contributed by atoms with Gasteiger partial charge in [-0.3, -0.25) is 0 Å². The minimum absolute atomic E-state index is 0. The second kappa shape index (κ2) is 10.5. The molecule has 0 aliphatic heterocycles. The molecule has 1 N–H and O–H groups in total. The van der Waals surface area contributed by atoms with Crippen LogP contribution in [0.4, 0.5) is 4.79 Å². The molecule has 1 fully saturated rings. The van der Waals surface area contributed by atoms with Gasteiger partial charge in [-0.2, -0.15) is 0 Å². The molecule has 0 aromatic heterocycles. The highest BCUT2D eigenvalue weighted by Gasteiger charge is 2.32. The number of nitrogens with one attached hydrogen (secondary N) is 1. The summed E-state index contributed by atoms with van der Waals surface area (Å²) < 4.78 is 6.40. The Morgan fingerprint density at radius 2 is 1.77 bits per heavy atom. The van der Waals surface area contributed by atoms with Gasteiger partial charge in [0.05, 0.1) is 26.7 Å². The monoisotopic (exact) mass is 474 g/mol. The first-order chi connectivity index (χ1) is 11.8. The number of amides is 1. The van der Waals surface area contributed by atoms with E-state index in [0.717, 1.165) is 29.1 Å². The number of ether oxygens (including phenoxy) is 1. The first-order valence-electron chi connectivity index (χ1n) is 9.60. The van der Waals surface area contributed by atoms with E-state index in [4.69, 9.17) is 4.74 Å². The fourth-order valence-electron chi connectivity index (χ4n) is 3.63. The molecule has 1 aliphatic rings. The van der Waals surface area contributed by atoms with Crippen LogP contribution in [0.25, 0.3) is 0 Å². The van der Waals surface area contributed by atoms with E-state index in [2.05, 4.69) is 33.3 Å². The zero-order valence-electron chi connectivity index (χ0n) is 16.8. The molecule has 0 radical (unpaired) electrons. The second-order valence-corrected chi connectivity index (χ2v) is 8.61. The van der Waals surface area contributed by atoms with Gasteiger partial charge in [0.15, 0.2) is 0 Å². The molecule has 26 heavy (non-hydrogen) atoms. The van der Waals surface area contributed by atoms with E-state index in [1.807, 2.05) is 30.3 Å². The van der Waals surface area contributed by atoms with E-state index in [-0.39, 0.29) is 35.6 Å². The summed E-state index contributed by atoms with van der Waals surface area (Å²) in [6, 6.07) is 10.5. The zero-order chi connectivity index (χ0) is 18.3. The van der Waals surface area contributed by atoms with Crippen LogP contribution in [0.1, 0.15) is 57.9 Å². The first-order valence-corrected chi connectivity index (χ1v) is 9.60. The summed E-state index contributed by atoms with van der Waals surface area (Å²) in [5.41, 5.74) is 0.739. The van der Waals surface area contributed by atoms with Crippen LogP contribution in [0, 0.1) is 0 Å². The molecule has 0 unspecified atom stereocenters. The van der Waals surface area contributed by atoms with Crippen LogP contribution < -0.4 is 29.3 Å². The smallest absolute Gasteiger partial charge is 0.407 e. The number of halogens is 1. The van der Waals surface area contributed by atoms with E-state index >= 15 is 0 Å². The topological polar surface area (TPSA) is 38.3 Å². The summed E-state index contributed by atoms with van der Waals surface area (Å²) in [5.74, 6) is 0. The average Bonchev–Trinajstić information content (AvgIpc) is 2.60. The van der Waals surface area contributed by atoms with Gasteiger partial charge in [0, 0.05) is 12.0 Å². The lowest BCUT2D eigenvalue weighted by molar-refractivity contribution is -0.917. The Hall–Kier alpha value is -0.820. The Morgan fingerprint density at radius 3 is 2.38 bits per heavy atom. The molecular weight excluding hydrogens is 439 g/mol. The third-order valence-corrected chi connectivity index (χ3v) is 5.53. The highest BCUT2D eigenvalue weighted by Crippen LogP contribution is 2.27. The Labute approximate surface area is 176 Å². The number of carbonyl (C=O) groups excluding carboxylic acids is 1. The van der Waals surface area contributed by atoms with Crippen molar-refractivity contribution in [2.45, 2.75) is 70.6 Å². The Kier molecular flexibility index (Phi) is 9.38. The molecule has 1 aromatic carbocycles. The molecule has 2 rings (SSSR count). The number of alkyl carbamates (subject to hydrolysis) is 1. The largest absolute Gasteiger partial charge is 1.00 e. The van der Waals surface area contributed by atoms with Gasteiger partial charge in [-0.15, -0.1) is 0 Å². The molecule has 0 bridgehead atoms. The van der Waals surface area contributed by atoms with Gasteiger partial charge in [-0.25, -0.2) is 4.79 Å². The third-order valence-electron chi connectivity index (χ3n) is 5.53. The van der Waals surface area contributed by atoms with E-state index in [0.29, 0.717) is 6.61 Å². The Bertz CT molecular complexity index is 540. The van der Waals surface area contributed by atoms with Gasteiger partial charge >= 0.3 is 6.09 Å². The summed E-state index contributed by atoms with van der Waals surface area (Å²) >= 11 is 0. The Morgan fingerprint density at radius 1 is 1.15 bits per heavy atom. The number of carbonyl (C=O) groups is 1. The SMILES string of the molecule is CC(C)(CC[N+](C)(C)C1CCCCC1)NC(=O)OCc1ccccc1.[I-]. The highest BCUT2D eigenvalue weighted by molar-refractivity contribution is 5.68. The van der Waals surface area contributed by atoms with Gasteiger partial charge in [0.1, 0.15) is 6.61 Å². The molecule has 0 heterocycles. The molecule has 0 spiro atoms. The number of quaternary nitrogens is 1. The predicted octanol–water partition coefficient (Wildman–Crippen LogP) is 1.49. The van der Waals surface area contributed by atoms with E-state index < -0.39 is 0 Å². The van der Waals surface area contributed by atoms with Crippen LogP contribution in [0.5, 0.6) is 0 Å². The maximum absolute atomic E-state index is 12.1. The lowest BCUT2D eigenvalue weighted by Gasteiger charge is -2.42. The van der Waals surface area contributed by atoms with Crippen molar-refractivity contribution in [2.24, 2.45) is 0 Å². The molecule has 148 valence electrons. The molecular formula is C21H35IN2O2. The summed E-state index contributed by atoms with van der Waals surface area (Å²) in [6.45, 7) is 5.54. The minimum Gasteiger partial charge on any atom is -1.00 e. The van der Waals surface area contributed by atoms with Gasteiger partial charge < -0.3 is 38.5 Å². The van der Waals surface area contributed by atoms with Crippen molar-refractivity contribution in [3.8, 4) is 0 Å². The summed E-state index contributed by atoms with van der Waals surface area (Å²) in [6.07, 6.45) is 7.38. The van der Waals surface area contributed by atoms with Crippen molar-refractivity contribution < 1.29 is 38.0 Å². The molecule has 0 atom stereocenters.